The lowest BCUT2D eigenvalue weighted by molar-refractivity contribution is 0.0696. The molecule has 0 amide bonds. The van der Waals surface area contributed by atoms with Gasteiger partial charge in [0.15, 0.2) is 5.82 Å². The largest absolute Gasteiger partial charge is 0.478 e. The third kappa shape index (κ3) is 3.14. The first kappa shape index (κ1) is 13.6. The van der Waals surface area contributed by atoms with Gasteiger partial charge in [-0.2, -0.15) is 0 Å². The summed E-state index contributed by atoms with van der Waals surface area (Å²) in [5, 5.41) is 8.88. The van der Waals surface area contributed by atoms with Crippen LogP contribution in [0, 0.1) is 5.92 Å². The van der Waals surface area contributed by atoms with E-state index in [1.54, 1.807) is 7.11 Å². The molecule has 1 fully saturated rings. The van der Waals surface area contributed by atoms with Gasteiger partial charge in [-0.05, 0) is 24.8 Å². The topological polar surface area (TPSA) is 88.7 Å². The SMILES string of the molecule is COCC1CCN(c2ncc(C(=O)O)cc2N)CC1. The molecule has 0 saturated carbocycles. The van der Waals surface area contributed by atoms with Gasteiger partial charge in [0.25, 0.3) is 0 Å². The predicted molar refractivity (Wildman–Crippen MR) is 72.4 cm³/mol. The first-order chi connectivity index (χ1) is 9.11. The average Bonchev–Trinajstić information content (AvgIpc) is 2.40. The molecule has 0 aromatic carbocycles. The number of pyridine rings is 1. The number of methoxy groups -OCH3 is 1. The van der Waals surface area contributed by atoms with E-state index in [1.807, 2.05) is 0 Å². The molecule has 1 aromatic heterocycles. The number of aromatic nitrogens is 1. The van der Waals surface area contributed by atoms with Crippen LogP contribution in [0.3, 0.4) is 0 Å². The van der Waals surface area contributed by atoms with E-state index in [-0.39, 0.29) is 5.56 Å². The fourth-order valence-corrected chi connectivity index (χ4v) is 2.40. The zero-order chi connectivity index (χ0) is 13.8. The zero-order valence-corrected chi connectivity index (χ0v) is 11.0. The zero-order valence-electron chi connectivity index (χ0n) is 11.0. The molecule has 2 heterocycles. The summed E-state index contributed by atoms with van der Waals surface area (Å²) in [5.74, 6) is 0.256. The number of hydrogen-bond acceptors (Lipinski definition) is 5. The van der Waals surface area contributed by atoms with E-state index in [0.717, 1.165) is 32.5 Å². The molecule has 0 bridgehead atoms. The van der Waals surface area contributed by atoms with E-state index in [0.29, 0.717) is 17.4 Å². The molecule has 104 valence electrons. The Morgan fingerprint density at radius 1 is 1.58 bits per heavy atom. The van der Waals surface area contributed by atoms with Crippen molar-refractivity contribution in [1.29, 1.82) is 0 Å². The third-order valence-electron chi connectivity index (χ3n) is 3.46. The van der Waals surface area contributed by atoms with Gasteiger partial charge in [-0.15, -0.1) is 0 Å². The highest BCUT2D eigenvalue weighted by Gasteiger charge is 2.21. The Morgan fingerprint density at radius 2 is 2.26 bits per heavy atom. The van der Waals surface area contributed by atoms with Gasteiger partial charge in [0.1, 0.15) is 0 Å². The molecular formula is C13H19N3O3. The molecule has 2 rings (SSSR count). The Morgan fingerprint density at radius 3 is 2.79 bits per heavy atom. The Balaban J connectivity index is 2.05. The van der Waals surface area contributed by atoms with Crippen LogP contribution >= 0.6 is 0 Å². The second-order valence-corrected chi connectivity index (χ2v) is 4.83. The normalized spacial score (nSPS) is 16.6. The second-order valence-electron chi connectivity index (χ2n) is 4.83. The molecule has 1 saturated heterocycles. The van der Waals surface area contributed by atoms with E-state index >= 15 is 0 Å². The van der Waals surface area contributed by atoms with Crippen molar-refractivity contribution in [1.82, 2.24) is 4.98 Å². The number of nitrogen functional groups attached to an aromatic ring is 1. The molecule has 0 spiro atoms. The summed E-state index contributed by atoms with van der Waals surface area (Å²) in [7, 11) is 1.72. The van der Waals surface area contributed by atoms with Crippen LogP contribution in [0.1, 0.15) is 23.2 Å². The number of piperidine rings is 1. The van der Waals surface area contributed by atoms with Crippen LogP contribution in [0.2, 0.25) is 0 Å². The molecule has 19 heavy (non-hydrogen) atoms. The highest BCUT2D eigenvalue weighted by molar-refractivity contribution is 5.89. The van der Waals surface area contributed by atoms with Crippen LogP contribution in [-0.2, 0) is 4.74 Å². The minimum Gasteiger partial charge on any atom is -0.478 e. The van der Waals surface area contributed by atoms with E-state index in [4.69, 9.17) is 15.6 Å². The molecule has 0 aliphatic carbocycles. The minimum atomic E-state index is -1.01. The van der Waals surface area contributed by atoms with Gasteiger partial charge >= 0.3 is 5.97 Å². The maximum Gasteiger partial charge on any atom is 0.337 e. The lowest BCUT2D eigenvalue weighted by Crippen LogP contribution is -2.36. The number of carboxylic acids is 1. The van der Waals surface area contributed by atoms with Crippen LogP contribution in [0.5, 0.6) is 0 Å². The monoisotopic (exact) mass is 265 g/mol. The number of nitrogens with zero attached hydrogens (tertiary/aromatic N) is 2. The summed E-state index contributed by atoms with van der Waals surface area (Å²) in [6.07, 6.45) is 3.43. The number of hydrogen-bond donors (Lipinski definition) is 2. The van der Waals surface area contributed by atoms with E-state index in [2.05, 4.69) is 9.88 Å². The summed E-state index contributed by atoms with van der Waals surface area (Å²) >= 11 is 0. The highest BCUT2D eigenvalue weighted by atomic mass is 16.5. The number of aromatic carboxylic acids is 1. The summed E-state index contributed by atoms with van der Waals surface area (Å²) in [5.41, 5.74) is 6.43. The predicted octanol–water partition coefficient (Wildman–Crippen LogP) is 1.22. The Hall–Kier alpha value is -1.82. The first-order valence-electron chi connectivity index (χ1n) is 6.34. The van der Waals surface area contributed by atoms with Crippen molar-refractivity contribution in [3.05, 3.63) is 17.8 Å². The molecule has 6 nitrogen and oxygen atoms in total. The number of rotatable bonds is 4. The van der Waals surface area contributed by atoms with Crippen LogP contribution < -0.4 is 10.6 Å². The van der Waals surface area contributed by atoms with Gasteiger partial charge < -0.3 is 20.5 Å². The average molecular weight is 265 g/mol. The van der Waals surface area contributed by atoms with Gasteiger partial charge in [-0.3, -0.25) is 0 Å². The number of carboxylic acid groups (broad SMARTS) is 1. The molecule has 1 aliphatic heterocycles. The van der Waals surface area contributed by atoms with Crippen LogP contribution in [0.4, 0.5) is 11.5 Å². The quantitative estimate of drug-likeness (QED) is 0.851. The number of anilines is 2. The van der Waals surface area contributed by atoms with Crippen molar-refractivity contribution in [2.24, 2.45) is 5.92 Å². The molecule has 0 unspecified atom stereocenters. The Bertz CT molecular complexity index is 456. The third-order valence-corrected chi connectivity index (χ3v) is 3.46. The molecule has 0 radical (unpaired) electrons. The van der Waals surface area contributed by atoms with Crippen LogP contribution in [-0.4, -0.2) is 42.9 Å². The van der Waals surface area contributed by atoms with Crippen molar-refractivity contribution in [2.75, 3.05) is 37.4 Å². The van der Waals surface area contributed by atoms with Gasteiger partial charge in [0, 0.05) is 33.0 Å². The highest BCUT2D eigenvalue weighted by Crippen LogP contribution is 2.26. The van der Waals surface area contributed by atoms with E-state index in [9.17, 15) is 4.79 Å². The summed E-state index contributed by atoms with van der Waals surface area (Å²) in [4.78, 5) is 17.1. The smallest absolute Gasteiger partial charge is 0.337 e. The number of carbonyl (C=O) groups is 1. The molecule has 3 N–H and O–H groups in total. The fraction of sp³-hybridized carbons (Fsp3) is 0.538. The maximum absolute atomic E-state index is 10.8. The summed E-state index contributed by atoms with van der Waals surface area (Å²) in [6.45, 7) is 2.53. The molecular weight excluding hydrogens is 246 g/mol. The Kier molecular flexibility index (Phi) is 4.21. The van der Waals surface area contributed by atoms with Gasteiger partial charge in [-0.25, -0.2) is 9.78 Å². The van der Waals surface area contributed by atoms with Gasteiger partial charge in [-0.1, -0.05) is 0 Å². The molecule has 1 aromatic rings. The first-order valence-corrected chi connectivity index (χ1v) is 6.34. The lowest BCUT2D eigenvalue weighted by atomic mass is 9.98. The van der Waals surface area contributed by atoms with Gasteiger partial charge in [0.2, 0.25) is 0 Å². The van der Waals surface area contributed by atoms with Crippen molar-refractivity contribution in [2.45, 2.75) is 12.8 Å². The van der Waals surface area contributed by atoms with Gasteiger partial charge in [0.05, 0.1) is 11.3 Å². The summed E-state index contributed by atoms with van der Waals surface area (Å²) < 4.78 is 5.16. The number of nitrogens with two attached hydrogens (primary N) is 1. The molecule has 6 heteroatoms. The van der Waals surface area contributed by atoms with Crippen molar-refractivity contribution in [3.8, 4) is 0 Å². The molecule has 1 aliphatic rings. The molecule has 0 atom stereocenters. The van der Waals surface area contributed by atoms with Crippen molar-refractivity contribution in [3.63, 3.8) is 0 Å². The lowest BCUT2D eigenvalue weighted by Gasteiger charge is -2.33. The van der Waals surface area contributed by atoms with Crippen molar-refractivity contribution >= 4 is 17.5 Å². The maximum atomic E-state index is 10.8. The van der Waals surface area contributed by atoms with Crippen LogP contribution in [0.15, 0.2) is 12.3 Å². The summed E-state index contributed by atoms with van der Waals surface area (Å²) in [6, 6.07) is 1.46. The van der Waals surface area contributed by atoms with E-state index in [1.165, 1.54) is 12.3 Å². The second kappa shape index (κ2) is 5.88. The van der Waals surface area contributed by atoms with Crippen LogP contribution in [0.25, 0.3) is 0 Å². The Labute approximate surface area is 112 Å². The fourth-order valence-electron chi connectivity index (χ4n) is 2.40. The van der Waals surface area contributed by atoms with Crippen molar-refractivity contribution < 1.29 is 14.6 Å². The minimum absolute atomic E-state index is 0.121. The standard InChI is InChI=1S/C13H19N3O3/c1-19-8-9-2-4-16(5-3-9)12-11(14)6-10(7-15-12)13(17)18/h6-7,9H,2-5,8,14H2,1H3,(H,17,18). The number of ether oxygens (including phenoxy) is 1. The van der Waals surface area contributed by atoms with E-state index < -0.39 is 5.97 Å².